The van der Waals surface area contributed by atoms with E-state index in [1.807, 2.05) is 0 Å². The summed E-state index contributed by atoms with van der Waals surface area (Å²) in [7, 11) is 10.1. The number of aliphatic hydroxyl groups is 2. The Kier molecular flexibility index (Phi) is 17.7. The van der Waals surface area contributed by atoms with Gasteiger partial charge in [0, 0.05) is 74.4 Å². The number of ether oxygens (including phenoxy) is 10. The summed E-state index contributed by atoms with van der Waals surface area (Å²) in [6, 6.07) is -2.83. The Hall–Kier alpha value is -2.76. The molecule has 0 radical (unpaired) electrons. The summed E-state index contributed by atoms with van der Waals surface area (Å²) in [5, 5.41) is 31.0. The molecule has 0 aromatic heterocycles. The largest absolute Gasteiger partial charge is 0.396 e. The van der Waals surface area contributed by atoms with Gasteiger partial charge in [-0.25, -0.2) is 0 Å². The fourth-order valence-electron chi connectivity index (χ4n) is 8.00. The molecule has 310 valence electrons. The van der Waals surface area contributed by atoms with Gasteiger partial charge >= 0.3 is 0 Å². The highest BCUT2D eigenvalue weighted by molar-refractivity contribution is 5.78. The van der Waals surface area contributed by atoms with Crippen LogP contribution in [0, 0.1) is 11.3 Å². The zero-order chi connectivity index (χ0) is 40.3. The number of hydrogen-bond acceptors (Lipinski definition) is 16. The summed E-state index contributed by atoms with van der Waals surface area (Å²) in [5.74, 6) is -2.30. The maximum atomic E-state index is 13.3. The first-order chi connectivity index (χ1) is 25.8. The van der Waals surface area contributed by atoms with Crippen LogP contribution in [0.2, 0.25) is 0 Å². The van der Waals surface area contributed by atoms with Crippen molar-refractivity contribution in [2.45, 2.75) is 100 Å². The third-order valence-corrected chi connectivity index (χ3v) is 10.6. The maximum Gasteiger partial charge on any atom is 0.228 e. The summed E-state index contributed by atoms with van der Waals surface area (Å²) >= 11 is 0. The third kappa shape index (κ3) is 9.60. The van der Waals surface area contributed by atoms with E-state index >= 15 is 0 Å². The molecule has 11 unspecified atom stereocenters. The molecule has 1 saturated carbocycles. The van der Waals surface area contributed by atoms with E-state index in [1.165, 1.54) is 68.5 Å². The first kappa shape index (κ1) is 45.6. The van der Waals surface area contributed by atoms with E-state index < -0.39 is 128 Å². The van der Waals surface area contributed by atoms with Gasteiger partial charge in [-0.05, 0) is 12.5 Å². The summed E-state index contributed by atoms with van der Waals surface area (Å²) < 4.78 is 60.9. The number of likely N-dealkylation sites (N-methyl/N-ethyl adjacent to an activating group) is 1. The van der Waals surface area contributed by atoms with Gasteiger partial charge in [0.1, 0.15) is 43.1 Å². The van der Waals surface area contributed by atoms with Gasteiger partial charge in [0.15, 0.2) is 12.6 Å². The van der Waals surface area contributed by atoms with Crippen LogP contribution in [0.1, 0.15) is 20.8 Å². The summed E-state index contributed by atoms with van der Waals surface area (Å²) in [6.07, 6.45) is -10.0. The van der Waals surface area contributed by atoms with Gasteiger partial charge in [0.2, 0.25) is 17.7 Å². The lowest BCUT2D eigenvalue weighted by atomic mass is 9.75. The molecule has 3 fully saturated rings. The Bertz CT molecular complexity index is 1280. The van der Waals surface area contributed by atoms with Gasteiger partial charge in [-0.3, -0.25) is 14.4 Å². The van der Waals surface area contributed by atoms with Gasteiger partial charge in [-0.15, -0.1) is 0 Å². The van der Waals surface area contributed by atoms with E-state index in [4.69, 9.17) is 52.9 Å². The predicted molar refractivity (Wildman–Crippen MR) is 186 cm³/mol. The molecule has 0 aromatic rings. The normalized spacial score (nSPS) is 38.0. The minimum absolute atomic E-state index is 0.0347. The number of carbonyl (C=O) groups excluding carboxylic acids is 3. The molecule has 2 saturated heterocycles. The van der Waals surface area contributed by atoms with Gasteiger partial charge < -0.3 is 73.1 Å². The molecule has 4 N–H and O–H groups in total. The summed E-state index contributed by atoms with van der Waals surface area (Å²) in [5.41, 5.74) is 7.59. The van der Waals surface area contributed by atoms with E-state index in [0.29, 0.717) is 0 Å². The van der Waals surface area contributed by atoms with Crippen LogP contribution in [0.4, 0.5) is 0 Å². The van der Waals surface area contributed by atoms with Gasteiger partial charge in [-0.1, -0.05) is 5.11 Å². The Balaban J connectivity index is 2.19. The second-order valence-corrected chi connectivity index (χ2v) is 13.6. The van der Waals surface area contributed by atoms with Crippen LogP contribution in [0.25, 0.3) is 10.4 Å². The summed E-state index contributed by atoms with van der Waals surface area (Å²) in [4.78, 5) is 42.3. The Morgan fingerprint density at radius 3 is 1.91 bits per heavy atom. The number of azide groups is 1. The SMILES string of the molecule is COCC1OC(O[C@H]2[C@H](OC3C(CO)C(OC)C(NC(C)=O)C(OC)C3NC(C)=O)O[C@@H](C)[C@]2(CO)COC)C(N(C)C(=O)CN=[N+]=[N-])C(OC)C1OC. The number of hydrogen-bond donors (Lipinski definition) is 4. The first-order valence-corrected chi connectivity index (χ1v) is 17.5. The Labute approximate surface area is 315 Å². The average molecular weight is 779 g/mol. The van der Waals surface area contributed by atoms with Crippen molar-refractivity contribution >= 4 is 17.7 Å². The van der Waals surface area contributed by atoms with Gasteiger partial charge in [0.25, 0.3) is 0 Å². The highest BCUT2D eigenvalue weighted by Crippen LogP contribution is 2.45. The second-order valence-electron chi connectivity index (χ2n) is 13.6. The van der Waals surface area contributed by atoms with Crippen molar-refractivity contribution in [1.29, 1.82) is 0 Å². The zero-order valence-corrected chi connectivity index (χ0v) is 32.6. The molecule has 3 rings (SSSR count). The lowest BCUT2D eigenvalue weighted by Crippen LogP contribution is -2.72. The van der Waals surface area contributed by atoms with Crippen LogP contribution in [-0.2, 0) is 61.8 Å². The molecular formula is C33H58N6O15. The number of methoxy groups -OCH3 is 6. The molecule has 0 bridgehead atoms. The number of nitrogens with zero attached hydrogens (tertiary/aromatic N) is 4. The number of aliphatic hydroxyl groups excluding tert-OH is 2. The molecule has 3 amide bonds. The van der Waals surface area contributed by atoms with Crippen molar-refractivity contribution in [1.82, 2.24) is 15.5 Å². The zero-order valence-electron chi connectivity index (χ0n) is 32.6. The molecule has 1 aliphatic carbocycles. The smallest absolute Gasteiger partial charge is 0.228 e. The monoisotopic (exact) mass is 778 g/mol. The van der Waals surface area contributed by atoms with Crippen LogP contribution in [0.15, 0.2) is 5.11 Å². The fourth-order valence-corrected chi connectivity index (χ4v) is 8.00. The number of nitrogens with one attached hydrogen (secondary N) is 2. The van der Waals surface area contributed by atoms with Gasteiger partial charge in [-0.2, -0.15) is 0 Å². The van der Waals surface area contributed by atoms with E-state index in [2.05, 4.69) is 20.7 Å². The van der Waals surface area contributed by atoms with Crippen LogP contribution < -0.4 is 10.6 Å². The number of amides is 3. The van der Waals surface area contributed by atoms with Crippen LogP contribution in [0.3, 0.4) is 0 Å². The Morgan fingerprint density at radius 1 is 0.833 bits per heavy atom. The maximum absolute atomic E-state index is 13.3. The molecule has 2 heterocycles. The molecule has 0 aromatic carbocycles. The lowest BCUT2D eigenvalue weighted by Gasteiger charge is -2.51. The van der Waals surface area contributed by atoms with Crippen molar-refractivity contribution in [2.75, 3.05) is 82.7 Å². The van der Waals surface area contributed by atoms with Crippen LogP contribution >= 0.6 is 0 Å². The van der Waals surface area contributed by atoms with Gasteiger partial charge in [0.05, 0.1) is 62.2 Å². The second kappa shape index (κ2) is 21.0. The predicted octanol–water partition coefficient (Wildman–Crippen LogP) is -1.67. The molecule has 2 aliphatic heterocycles. The molecule has 21 nitrogen and oxygen atoms in total. The lowest BCUT2D eigenvalue weighted by molar-refractivity contribution is -0.328. The van der Waals surface area contributed by atoms with Crippen molar-refractivity contribution in [3.8, 4) is 0 Å². The standard InChI is InChI=1S/C33H58N6O15/c1-16-33(14-41,15-46-6)30(54-31-24(39(4)21(44)11-35-38-34)29(50-10)27(48-8)20(52-31)13-45-5)32(51-16)53-26-19(12-40)25(47-7)22(36-17(2)42)28(49-9)23(26)37-18(3)43/h16,19-20,22-32,40-41H,11-15H2,1-10H3,(H,36,42)(H,37,43)/t16-,19?,20?,22?,23?,24?,25?,26?,27?,28?,29?,30-,31?,32-,33-/m0/s1. The van der Waals surface area contributed by atoms with Crippen LogP contribution in [-0.4, -0.2) is 195 Å². The van der Waals surface area contributed by atoms with Crippen molar-refractivity contribution in [3.63, 3.8) is 0 Å². The molecule has 21 heteroatoms. The number of rotatable bonds is 19. The number of carbonyl (C=O) groups is 3. The highest BCUT2D eigenvalue weighted by Gasteiger charge is 2.62. The molecule has 3 aliphatic rings. The topological polar surface area (TPSA) is 260 Å². The fraction of sp³-hybridized carbons (Fsp3) is 0.909. The Morgan fingerprint density at radius 2 is 1.43 bits per heavy atom. The molecule has 15 atom stereocenters. The molecule has 54 heavy (non-hydrogen) atoms. The molecular weight excluding hydrogens is 720 g/mol. The van der Waals surface area contributed by atoms with E-state index in [1.54, 1.807) is 6.92 Å². The third-order valence-electron chi connectivity index (χ3n) is 10.6. The quantitative estimate of drug-likeness (QED) is 0.0649. The van der Waals surface area contributed by atoms with E-state index in [0.717, 1.165) is 0 Å². The summed E-state index contributed by atoms with van der Waals surface area (Å²) in [6.45, 7) is 2.72. The van der Waals surface area contributed by atoms with Crippen molar-refractivity contribution in [2.24, 2.45) is 16.4 Å². The van der Waals surface area contributed by atoms with Crippen LogP contribution in [0.5, 0.6) is 0 Å². The van der Waals surface area contributed by atoms with E-state index in [-0.39, 0.29) is 13.2 Å². The minimum atomic E-state index is -1.35. The first-order valence-electron chi connectivity index (χ1n) is 17.5. The van der Waals surface area contributed by atoms with E-state index in [9.17, 15) is 24.6 Å². The average Bonchev–Trinajstić information content (AvgIpc) is 3.39. The minimum Gasteiger partial charge on any atom is -0.396 e. The van der Waals surface area contributed by atoms with Crippen molar-refractivity contribution < 1.29 is 72.0 Å². The molecule has 0 spiro atoms. The van der Waals surface area contributed by atoms with Crippen molar-refractivity contribution in [3.05, 3.63) is 10.4 Å². The highest BCUT2D eigenvalue weighted by atomic mass is 16.8.